The van der Waals surface area contributed by atoms with E-state index in [0.29, 0.717) is 6.61 Å². The lowest BCUT2D eigenvalue weighted by Gasteiger charge is -2.36. The number of hydrogen-bond acceptors (Lipinski definition) is 1. The van der Waals surface area contributed by atoms with Crippen LogP contribution in [0.25, 0.3) is 0 Å². The molecule has 0 aliphatic carbocycles. The Kier molecular flexibility index (Phi) is 5.21. The van der Waals surface area contributed by atoms with Gasteiger partial charge in [0, 0.05) is 7.59 Å². The van der Waals surface area contributed by atoms with E-state index in [1.165, 1.54) is 10.8 Å². The zero-order valence-electron chi connectivity index (χ0n) is 13.5. The second-order valence-electron chi connectivity index (χ2n) is 6.96. The summed E-state index contributed by atoms with van der Waals surface area (Å²) in [6.07, 6.45) is 2.14. The molecule has 106 valence electrons. The van der Waals surface area contributed by atoms with Crippen molar-refractivity contribution < 1.29 is 4.74 Å². The lowest BCUT2D eigenvalue weighted by molar-refractivity contribution is 0.365. The fourth-order valence-corrected chi connectivity index (χ4v) is 6.95. The van der Waals surface area contributed by atoms with Crippen molar-refractivity contribution in [3.63, 3.8) is 0 Å². The van der Waals surface area contributed by atoms with Crippen LogP contribution in [-0.2, 0) is 0 Å². The minimum Gasteiger partial charge on any atom is -0.490 e. The van der Waals surface area contributed by atoms with Gasteiger partial charge in [0.25, 0.3) is 0 Å². The van der Waals surface area contributed by atoms with Crippen LogP contribution in [0.1, 0.15) is 13.8 Å². The third-order valence-electron chi connectivity index (χ3n) is 4.17. The molecule has 0 radical (unpaired) electrons. The molecular weight excluding hydrogens is 264 g/mol. The smallest absolute Gasteiger partial charge is 0.118 e. The Bertz CT molecular complexity index is 452. The second-order valence-corrected chi connectivity index (χ2v) is 23.5. The van der Waals surface area contributed by atoms with Crippen molar-refractivity contribution in [2.24, 2.45) is 0 Å². The lowest BCUT2D eigenvalue weighted by Crippen LogP contribution is -2.61. The molecule has 0 saturated heterocycles. The summed E-state index contributed by atoms with van der Waals surface area (Å²) < 4.78 is 6.01. The van der Waals surface area contributed by atoms with Gasteiger partial charge < -0.3 is 4.74 Å². The summed E-state index contributed by atoms with van der Waals surface area (Å²) in [6, 6.07) is 8.64. The van der Waals surface area contributed by atoms with Crippen LogP contribution in [0.15, 0.2) is 35.9 Å². The predicted molar refractivity (Wildman–Crippen MR) is 91.8 cm³/mol. The van der Waals surface area contributed by atoms with E-state index in [4.69, 9.17) is 4.74 Å². The zero-order chi connectivity index (χ0) is 14.7. The van der Waals surface area contributed by atoms with Crippen LogP contribution < -0.4 is 9.92 Å². The van der Waals surface area contributed by atoms with Gasteiger partial charge in [-0.1, -0.05) is 56.5 Å². The molecule has 0 saturated carbocycles. The van der Waals surface area contributed by atoms with Crippen molar-refractivity contribution in [1.29, 1.82) is 0 Å². The summed E-state index contributed by atoms with van der Waals surface area (Å²) >= 11 is 0. The van der Waals surface area contributed by atoms with E-state index in [9.17, 15) is 0 Å². The number of ether oxygens (including phenoxy) is 1. The van der Waals surface area contributed by atoms with Gasteiger partial charge >= 0.3 is 0 Å². The molecule has 0 unspecified atom stereocenters. The molecule has 19 heavy (non-hydrogen) atoms. The highest BCUT2D eigenvalue weighted by Crippen LogP contribution is 2.23. The van der Waals surface area contributed by atoms with Gasteiger partial charge in [0.15, 0.2) is 0 Å². The van der Waals surface area contributed by atoms with Crippen LogP contribution in [-0.4, -0.2) is 21.8 Å². The van der Waals surface area contributed by atoms with Gasteiger partial charge in [-0.25, -0.2) is 0 Å². The van der Waals surface area contributed by atoms with Crippen molar-refractivity contribution in [3.05, 3.63) is 35.9 Å². The molecule has 0 spiro atoms. The number of rotatable bonds is 5. The summed E-state index contributed by atoms with van der Waals surface area (Å²) in [6.45, 7) is 17.3. The minimum atomic E-state index is -1.41. The van der Waals surface area contributed by atoms with Crippen molar-refractivity contribution in [3.8, 4) is 5.75 Å². The Hall–Kier alpha value is -0.806. The standard InChI is InChI=1S/C16H28OSi2/c1-14(2)12-13-17-15-10-8-9-11-16(15)19(6,7)18(3,4)5/h8-12H,13H2,1-7H3. The molecule has 0 bridgehead atoms. The Labute approximate surface area is 120 Å². The van der Waals surface area contributed by atoms with E-state index in [1.807, 2.05) is 0 Å². The third-order valence-corrected chi connectivity index (χ3v) is 21.7. The molecule has 1 aromatic rings. The van der Waals surface area contributed by atoms with Gasteiger partial charge in [-0.05, 0) is 31.2 Å². The SMILES string of the molecule is CC(C)=CCOc1ccccc1[Si](C)(C)[Si](C)(C)C. The van der Waals surface area contributed by atoms with Crippen molar-refractivity contribution in [1.82, 2.24) is 0 Å². The van der Waals surface area contributed by atoms with Crippen LogP contribution in [0.4, 0.5) is 0 Å². The first kappa shape index (κ1) is 16.2. The lowest BCUT2D eigenvalue weighted by atomic mass is 10.3. The molecule has 1 nitrogen and oxygen atoms in total. The first-order valence-corrected chi connectivity index (χ1v) is 14.5. The van der Waals surface area contributed by atoms with Crippen LogP contribution >= 0.6 is 0 Å². The van der Waals surface area contributed by atoms with E-state index >= 15 is 0 Å². The maximum absolute atomic E-state index is 6.01. The molecule has 0 atom stereocenters. The molecule has 0 aliphatic heterocycles. The highest BCUT2D eigenvalue weighted by Gasteiger charge is 2.40. The number of allylic oxidation sites excluding steroid dienone is 1. The molecule has 0 aromatic heterocycles. The van der Waals surface area contributed by atoms with Crippen molar-refractivity contribution in [2.45, 2.75) is 46.6 Å². The molecule has 1 rings (SSSR count). The fraction of sp³-hybridized carbons (Fsp3) is 0.500. The molecule has 0 heterocycles. The maximum Gasteiger partial charge on any atom is 0.118 e. The predicted octanol–water partition coefficient (Wildman–Crippen LogP) is 4.36. The molecule has 0 amide bonds. The summed E-state index contributed by atoms with van der Waals surface area (Å²) in [4.78, 5) is 0. The Balaban J connectivity index is 3.06. The first-order chi connectivity index (χ1) is 8.66. The van der Waals surface area contributed by atoms with Gasteiger partial charge in [-0.3, -0.25) is 0 Å². The zero-order valence-corrected chi connectivity index (χ0v) is 15.5. The van der Waals surface area contributed by atoms with E-state index in [0.717, 1.165) is 5.75 Å². The summed E-state index contributed by atoms with van der Waals surface area (Å²) in [5.41, 5.74) is 1.30. The van der Waals surface area contributed by atoms with Gasteiger partial charge in [0.1, 0.15) is 12.4 Å². The van der Waals surface area contributed by atoms with Crippen LogP contribution in [0.3, 0.4) is 0 Å². The normalized spacial score (nSPS) is 12.2. The molecular formula is C16H28OSi2. The topological polar surface area (TPSA) is 9.23 Å². The van der Waals surface area contributed by atoms with E-state index < -0.39 is 15.2 Å². The van der Waals surface area contributed by atoms with Gasteiger partial charge in [-0.15, -0.1) is 0 Å². The van der Waals surface area contributed by atoms with E-state index in [2.05, 4.69) is 76.9 Å². The number of benzene rings is 1. The molecule has 0 aliphatic rings. The monoisotopic (exact) mass is 292 g/mol. The Morgan fingerprint density at radius 3 is 2.16 bits per heavy atom. The molecule has 1 aromatic carbocycles. The highest BCUT2D eigenvalue weighted by molar-refractivity contribution is 7.45. The van der Waals surface area contributed by atoms with Gasteiger partial charge in [-0.2, -0.15) is 0 Å². The molecule has 0 fully saturated rings. The van der Waals surface area contributed by atoms with E-state index in [1.54, 1.807) is 0 Å². The fourth-order valence-electron chi connectivity index (χ4n) is 1.81. The first-order valence-electron chi connectivity index (χ1n) is 7.02. The molecule has 0 N–H and O–H groups in total. The van der Waals surface area contributed by atoms with E-state index in [-0.39, 0.29) is 0 Å². The Morgan fingerprint density at radius 1 is 1.05 bits per heavy atom. The summed E-state index contributed by atoms with van der Waals surface area (Å²) in [5, 5.41) is 1.48. The van der Waals surface area contributed by atoms with Crippen LogP contribution in [0.2, 0.25) is 32.7 Å². The van der Waals surface area contributed by atoms with Gasteiger partial charge in [0.2, 0.25) is 0 Å². The van der Waals surface area contributed by atoms with Crippen molar-refractivity contribution >= 4 is 20.4 Å². The number of hydrogen-bond donors (Lipinski definition) is 0. The van der Waals surface area contributed by atoms with Crippen molar-refractivity contribution in [2.75, 3.05) is 6.61 Å². The second kappa shape index (κ2) is 6.10. The van der Waals surface area contributed by atoms with Crippen LogP contribution in [0.5, 0.6) is 5.75 Å². The molecule has 3 heteroatoms. The largest absolute Gasteiger partial charge is 0.490 e. The maximum atomic E-state index is 6.01. The van der Waals surface area contributed by atoms with Gasteiger partial charge in [0.05, 0.1) is 7.59 Å². The summed E-state index contributed by atoms with van der Waals surface area (Å²) in [5.74, 6) is 1.10. The summed E-state index contributed by atoms with van der Waals surface area (Å²) in [7, 11) is -2.58. The third kappa shape index (κ3) is 4.08. The highest BCUT2D eigenvalue weighted by atomic mass is 29.3. The average molecular weight is 293 g/mol. The quantitative estimate of drug-likeness (QED) is 0.578. The number of para-hydroxylation sites is 1. The average Bonchev–Trinajstić information content (AvgIpc) is 2.27. The minimum absolute atomic E-state index is 0.676. The Morgan fingerprint density at radius 2 is 1.63 bits per heavy atom. The van der Waals surface area contributed by atoms with Crippen LogP contribution in [0, 0.1) is 0 Å².